The third kappa shape index (κ3) is 10.7. The van der Waals surface area contributed by atoms with Crippen LogP contribution in [0.3, 0.4) is 0 Å². The molecule has 11 heteroatoms. The second-order valence-electron chi connectivity index (χ2n) is 14.1. The maximum absolute atomic E-state index is 13.6. The SMILES string of the molecule is Cc1cn(Cc2c(Cl)cccc2OC(C)(C)C)c(=O)c(NC(=O)NC(CC(=O)OC(C)(C)C)c2cccc(OC(C)(C)C)c2)c1O. The molecule has 1 unspecified atom stereocenters. The van der Waals surface area contributed by atoms with Crippen molar-refractivity contribution in [2.45, 2.75) is 105 Å². The van der Waals surface area contributed by atoms with Crippen LogP contribution in [0, 0.1) is 6.92 Å². The molecule has 3 N–H and O–H groups in total. The molecule has 1 aromatic heterocycles. The van der Waals surface area contributed by atoms with Crippen molar-refractivity contribution in [2.24, 2.45) is 0 Å². The minimum Gasteiger partial charge on any atom is -0.505 e. The summed E-state index contributed by atoms with van der Waals surface area (Å²) in [5, 5.41) is 16.5. The number of esters is 1. The Labute approximate surface area is 276 Å². The molecule has 0 saturated carbocycles. The van der Waals surface area contributed by atoms with E-state index in [1.54, 1.807) is 70.2 Å². The second-order valence-corrected chi connectivity index (χ2v) is 14.5. The standard InChI is InChI=1S/C35H46ClN3O7/c1-21-19-39(20-24-25(36)15-12-16-27(24)45-34(5,6)7)31(42)29(30(21)41)38-32(43)37-26(18-28(40)46-35(8,9)10)22-13-11-14-23(17-22)44-33(2,3)4/h11-17,19,26,41H,18,20H2,1-10H3,(H2,37,38,43). The summed E-state index contributed by atoms with van der Waals surface area (Å²) in [7, 11) is 0. The molecule has 250 valence electrons. The van der Waals surface area contributed by atoms with Crippen LogP contribution in [0.15, 0.2) is 53.5 Å². The van der Waals surface area contributed by atoms with Gasteiger partial charge in [-0.25, -0.2) is 4.79 Å². The lowest BCUT2D eigenvalue weighted by Crippen LogP contribution is -2.37. The first-order chi connectivity index (χ1) is 21.1. The number of ether oxygens (including phenoxy) is 3. The van der Waals surface area contributed by atoms with Crippen LogP contribution in [0.5, 0.6) is 17.2 Å². The molecule has 0 aliphatic rings. The number of nitrogens with one attached hydrogen (secondary N) is 2. The largest absolute Gasteiger partial charge is 0.505 e. The van der Waals surface area contributed by atoms with E-state index >= 15 is 0 Å². The number of urea groups is 1. The number of hydrogen-bond donors (Lipinski definition) is 3. The fourth-order valence-corrected chi connectivity index (χ4v) is 4.80. The lowest BCUT2D eigenvalue weighted by Gasteiger charge is -2.25. The number of rotatable bonds is 9. The third-order valence-electron chi connectivity index (χ3n) is 6.27. The topological polar surface area (TPSA) is 128 Å². The molecule has 0 aliphatic carbocycles. The summed E-state index contributed by atoms with van der Waals surface area (Å²) in [5.41, 5.74) is -1.23. The lowest BCUT2D eigenvalue weighted by molar-refractivity contribution is -0.155. The zero-order valence-electron chi connectivity index (χ0n) is 28.3. The molecule has 0 aliphatic heterocycles. The molecule has 0 spiro atoms. The van der Waals surface area contributed by atoms with Gasteiger partial charge >= 0.3 is 12.0 Å². The van der Waals surface area contributed by atoms with Gasteiger partial charge in [0.05, 0.1) is 19.0 Å². The molecular formula is C35H46ClN3O7. The number of pyridine rings is 1. The van der Waals surface area contributed by atoms with Gasteiger partial charge in [0.15, 0.2) is 5.69 Å². The summed E-state index contributed by atoms with van der Waals surface area (Å²) in [6.07, 6.45) is 1.29. The number of aryl methyl sites for hydroxylation is 1. The molecule has 3 rings (SSSR count). The van der Waals surface area contributed by atoms with Gasteiger partial charge in [-0.05, 0) is 99.1 Å². The van der Waals surface area contributed by atoms with E-state index in [0.717, 1.165) is 0 Å². The Kier molecular flexibility index (Phi) is 11.1. The Morgan fingerprint density at radius 1 is 0.935 bits per heavy atom. The van der Waals surface area contributed by atoms with Gasteiger partial charge in [-0.1, -0.05) is 29.8 Å². The predicted octanol–water partition coefficient (Wildman–Crippen LogP) is 7.51. The molecule has 3 aromatic rings. The van der Waals surface area contributed by atoms with Crippen LogP contribution < -0.4 is 25.7 Å². The highest BCUT2D eigenvalue weighted by Gasteiger charge is 2.26. The van der Waals surface area contributed by atoms with Crippen molar-refractivity contribution >= 4 is 29.3 Å². The van der Waals surface area contributed by atoms with Crippen molar-refractivity contribution in [3.8, 4) is 17.2 Å². The summed E-state index contributed by atoms with van der Waals surface area (Å²) in [6.45, 7) is 18.3. The first-order valence-electron chi connectivity index (χ1n) is 15.1. The molecular weight excluding hydrogens is 610 g/mol. The predicted molar refractivity (Wildman–Crippen MR) is 180 cm³/mol. The van der Waals surface area contributed by atoms with Crippen molar-refractivity contribution in [1.29, 1.82) is 0 Å². The second kappa shape index (κ2) is 14.1. The third-order valence-corrected chi connectivity index (χ3v) is 6.63. The maximum Gasteiger partial charge on any atom is 0.319 e. The number of amides is 2. The number of nitrogens with zero attached hydrogens (tertiary/aromatic N) is 1. The summed E-state index contributed by atoms with van der Waals surface area (Å²) in [6, 6.07) is 10.6. The van der Waals surface area contributed by atoms with E-state index in [2.05, 4.69) is 10.6 Å². The van der Waals surface area contributed by atoms with Crippen molar-refractivity contribution in [3.63, 3.8) is 0 Å². The first kappa shape index (κ1) is 36.3. The van der Waals surface area contributed by atoms with Crippen LogP contribution in [-0.4, -0.2) is 38.5 Å². The Morgan fingerprint density at radius 2 is 1.57 bits per heavy atom. The van der Waals surface area contributed by atoms with Crippen LogP contribution in [0.4, 0.5) is 10.5 Å². The minimum absolute atomic E-state index is 0.0170. The average molecular weight is 656 g/mol. The Balaban J connectivity index is 1.95. The Hall–Kier alpha value is -4.18. The highest BCUT2D eigenvalue weighted by molar-refractivity contribution is 6.31. The zero-order valence-corrected chi connectivity index (χ0v) is 29.1. The van der Waals surface area contributed by atoms with Gasteiger partial charge in [0.25, 0.3) is 5.56 Å². The number of halogens is 1. The Morgan fingerprint density at radius 3 is 2.17 bits per heavy atom. The quantitative estimate of drug-likeness (QED) is 0.204. The van der Waals surface area contributed by atoms with Crippen LogP contribution in [-0.2, 0) is 16.1 Å². The van der Waals surface area contributed by atoms with Crippen LogP contribution in [0.25, 0.3) is 0 Å². The van der Waals surface area contributed by atoms with E-state index in [0.29, 0.717) is 33.2 Å². The lowest BCUT2D eigenvalue weighted by atomic mass is 10.0. The average Bonchev–Trinajstić information content (AvgIpc) is 2.88. The zero-order chi connectivity index (χ0) is 34.6. The first-order valence-corrected chi connectivity index (χ1v) is 15.5. The van der Waals surface area contributed by atoms with E-state index in [1.807, 2.05) is 41.5 Å². The van der Waals surface area contributed by atoms with E-state index in [9.17, 15) is 19.5 Å². The summed E-state index contributed by atoms with van der Waals surface area (Å²) >= 11 is 6.53. The molecule has 2 aromatic carbocycles. The number of benzene rings is 2. The highest BCUT2D eigenvalue weighted by Crippen LogP contribution is 2.31. The molecule has 0 bridgehead atoms. The van der Waals surface area contributed by atoms with Gasteiger partial charge in [0.1, 0.15) is 34.1 Å². The smallest absolute Gasteiger partial charge is 0.319 e. The van der Waals surface area contributed by atoms with Crippen molar-refractivity contribution in [1.82, 2.24) is 9.88 Å². The molecule has 2 amide bonds. The normalized spacial score (nSPS) is 12.7. The molecule has 1 atom stereocenters. The Bertz CT molecular complexity index is 1630. The van der Waals surface area contributed by atoms with Gasteiger partial charge in [0, 0.05) is 22.3 Å². The molecule has 0 radical (unpaired) electrons. The van der Waals surface area contributed by atoms with E-state index in [4.69, 9.17) is 25.8 Å². The highest BCUT2D eigenvalue weighted by atomic mass is 35.5. The van der Waals surface area contributed by atoms with E-state index in [-0.39, 0.29) is 24.4 Å². The molecule has 46 heavy (non-hydrogen) atoms. The molecule has 0 fully saturated rings. The number of anilines is 1. The summed E-state index contributed by atoms with van der Waals surface area (Å²) in [5.74, 6) is 0.141. The fourth-order valence-electron chi connectivity index (χ4n) is 4.57. The monoisotopic (exact) mass is 655 g/mol. The molecule has 0 saturated heterocycles. The van der Waals surface area contributed by atoms with E-state index < -0.39 is 40.4 Å². The summed E-state index contributed by atoms with van der Waals surface area (Å²) in [4.78, 5) is 39.9. The van der Waals surface area contributed by atoms with Gasteiger partial charge in [-0.3, -0.25) is 9.59 Å². The van der Waals surface area contributed by atoms with Crippen molar-refractivity contribution in [3.05, 3.63) is 80.7 Å². The molecule has 10 nitrogen and oxygen atoms in total. The number of aromatic hydroxyl groups is 1. The fraction of sp³-hybridized carbons (Fsp3) is 0.457. The van der Waals surface area contributed by atoms with Crippen molar-refractivity contribution < 1.29 is 28.9 Å². The number of aromatic nitrogens is 1. The van der Waals surface area contributed by atoms with Gasteiger partial charge < -0.3 is 34.5 Å². The van der Waals surface area contributed by atoms with Gasteiger partial charge in [-0.2, -0.15) is 0 Å². The van der Waals surface area contributed by atoms with Crippen LogP contribution in [0.2, 0.25) is 5.02 Å². The van der Waals surface area contributed by atoms with Gasteiger partial charge in [-0.15, -0.1) is 0 Å². The van der Waals surface area contributed by atoms with Crippen LogP contribution in [0.1, 0.15) is 91.5 Å². The van der Waals surface area contributed by atoms with E-state index in [1.165, 1.54) is 10.8 Å². The maximum atomic E-state index is 13.6. The number of carbonyl (C=O) groups excluding carboxylic acids is 2. The van der Waals surface area contributed by atoms with Gasteiger partial charge in [0.2, 0.25) is 0 Å². The van der Waals surface area contributed by atoms with Crippen LogP contribution >= 0.6 is 11.6 Å². The number of carbonyl (C=O) groups is 2. The molecule has 1 heterocycles. The number of hydrogen-bond acceptors (Lipinski definition) is 7. The summed E-state index contributed by atoms with van der Waals surface area (Å²) < 4.78 is 18.9. The van der Waals surface area contributed by atoms with Crippen molar-refractivity contribution in [2.75, 3.05) is 5.32 Å². The minimum atomic E-state index is -0.854.